The van der Waals surface area contributed by atoms with E-state index in [1.54, 1.807) is 0 Å². The van der Waals surface area contributed by atoms with Crippen LogP contribution in [-0.4, -0.2) is 42.5 Å². The molecule has 0 N–H and O–H groups in total. The lowest BCUT2D eigenvalue weighted by atomic mass is 10.1. The Morgan fingerprint density at radius 3 is 2.29 bits per heavy atom. The molecule has 0 aromatic rings. The monoisotopic (exact) mass is 298 g/mol. The van der Waals surface area contributed by atoms with Gasteiger partial charge in [0.2, 0.25) is 6.29 Å². The Kier molecular flexibility index (Phi) is 6.18. The van der Waals surface area contributed by atoms with E-state index in [-0.39, 0.29) is 12.8 Å². The van der Waals surface area contributed by atoms with Crippen LogP contribution < -0.4 is 0 Å². The summed E-state index contributed by atoms with van der Waals surface area (Å²) in [7, 11) is 0. The van der Waals surface area contributed by atoms with Gasteiger partial charge in [-0.05, 0) is 0 Å². The number of terminal acetylenes is 1. The first-order valence-electron chi connectivity index (χ1n) is 6.44. The number of carbonyl (C=O) groups excluding carboxylic acids is 3. The number of carbonyl (C=O) groups is 3. The molecule has 21 heavy (non-hydrogen) atoms. The molecular formula is C14H18O7. The van der Waals surface area contributed by atoms with Crippen LogP contribution in [0.1, 0.15) is 33.6 Å². The number of hydrogen-bond acceptors (Lipinski definition) is 7. The molecule has 0 radical (unpaired) electrons. The Hall–Kier alpha value is -2.07. The molecular weight excluding hydrogens is 280 g/mol. The molecule has 0 aliphatic carbocycles. The van der Waals surface area contributed by atoms with Gasteiger partial charge in [-0.25, -0.2) is 0 Å². The molecule has 1 saturated heterocycles. The highest BCUT2D eigenvalue weighted by Crippen LogP contribution is 2.29. The average Bonchev–Trinajstić information content (AvgIpc) is 2.69. The zero-order valence-corrected chi connectivity index (χ0v) is 12.2. The summed E-state index contributed by atoms with van der Waals surface area (Å²) in [5, 5.41) is 0. The zero-order valence-electron chi connectivity index (χ0n) is 12.2. The van der Waals surface area contributed by atoms with Gasteiger partial charge in [-0.3, -0.25) is 14.4 Å². The van der Waals surface area contributed by atoms with Gasteiger partial charge in [0.1, 0.15) is 12.2 Å². The summed E-state index contributed by atoms with van der Waals surface area (Å²) in [5.41, 5.74) is 0. The van der Waals surface area contributed by atoms with Crippen molar-refractivity contribution < 1.29 is 33.3 Å². The van der Waals surface area contributed by atoms with Gasteiger partial charge in [-0.1, -0.05) is 0 Å². The SMILES string of the molecule is C#CC[C@H](OC(C)=O)[C@@H]1C[C@@H](OC(C)=O)[C@H](OC(C)=O)O1. The van der Waals surface area contributed by atoms with Crippen LogP contribution in [0.5, 0.6) is 0 Å². The molecule has 116 valence electrons. The summed E-state index contributed by atoms with van der Waals surface area (Å²) in [6.07, 6.45) is 2.50. The third-order valence-electron chi connectivity index (χ3n) is 2.73. The molecule has 1 aliphatic rings. The maximum atomic E-state index is 11.1. The Morgan fingerprint density at radius 1 is 1.19 bits per heavy atom. The molecule has 0 bridgehead atoms. The molecule has 7 heteroatoms. The van der Waals surface area contributed by atoms with Gasteiger partial charge >= 0.3 is 17.9 Å². The van der Waals surface area contributed by atoms with E-state index in [1.807, 2.05) is 0 Å². The first-order chi connectivity index (χ1) is 9.83. The molecule has 0 saturated carbocycles. The molecule has 4 atom stereocenters. The summed E-state index contributed by atoms with van der Waals surface area (Å²) in [6.45, 7) is 3.71. The van der Waals surface area contributed by atoms with Crippen LogP contribution in [0.2, 0.25) is 0 Å². The first kappa shape index (κ1) is 17.0. The summed E-state index contributed by atoms with van der Waals surface area (Å²) >= 11 is 0. The lowest BCUT2D eigenvalue weighted by Crippen LogP contribution is -2.31. The van der Waals surface area contributed by atoms with E-state index in [4.69, 9.17) is 25.4 Å². The zero-order chi connectivity index (χ0) is 16.0. The van der Waals surface area contributed by atoms with Gasteiger partial charge in [0.05, 0.1) is 0 Å². The quantitative estimate of drug-likeness (QED) is 0.416. The maximum absolute atomic E-state index is 11.1. The predicted octanol–water partition coefficient (Wildman–Crippen LogP) is 0.551. The van der Waals surface area contributed by atoms with Crippen molar-refractivity contribution in [2.75, 3.05) is 0 Å². The number of rotatable bonds is 5. The number of ether oxygens (including phenoxy) is 4. The highest BCUT2D eigenvalue weighted by atomic mass is 16.7. The second-order valence-electron chi connectivity index (χ2n) is 4.59. The minimum absolute atomic E-state index is 0.143. The lowest BCUT2D eigenvalue weighted by molar-refractivity contribution is -0.201. The molecule has 0 unspecified atom stereocenters. The highest BCUT2D eigenvalue weighted by Gasteiger charge is 2.44. The van der Waals surface area contributed by atoms with E-state index in [0.717, 1.165) is 0 Å². The number of hydrogen-bond donors (Lipinski definition) is 0. The Bertz CT molecular complexity index is 427. The van der Waals surface area contributed by atoms with Crippen molar-refractivity contribution in [1.29, 1.82) is 0 Å². The molecule has 0 amide bonds. The van der Waals surface area contributed by atoms with Crippen LogP contribution in [0.25, 0.3) is 0 Å². The van der Waals surface area contributed by atoms with Crippen LogP contribution >= 0.6 is 0 Å². The molecule has 1 fully saturated rings. The van der Waals surface area contributed by atoms with Gasteiger partial charge in [0.25, 0.3) is 0 Å². The summed E-state index contributed by atoms with van der Waals surface area (Å²) < 4.78 is 20.6. The molecule has 1 aliphatic heterocycles. The second-order valence-corrected chi connectivity index (χ2v) is 4.59. The van der Waals surface area contributed by atoms with E-state index in [2.05, 4.69) is 5.92 Å². The maximum Gasteiger partial charge on any atom is 0.305 e. The molecule has 0 aromatic heterocycles. The fourth-order valence-corrected chi connectivity index (χ4v) is 2.06. The minimum Gasteiger partial charge on any atom is -0.459 e. The van der Waals surface area contributed by atoms with E-state index in [0.29, 0.717) is 0 Å². The van der Waals surface area contributed by atoms with Crippen LogP contribution in [0.3, 0.4) is 0 Å². The van der Waals surface area contributed by atoms with Crippen molar-refractivity contribution in [3.8, 4) is 12.3 Å². The van der Waals surface area contributed by atoms with Crippen LogP contribution in [0, 0.1) is 12.3 Å². The molecule has 7 nitrogen and oxygen atoms in total. The lowest BCUT2D eigenvalue weighted by Gasteiger charge is -2.21. The molecule has 1 heterocycles. The van der Waals surface area contributed by atoms with E-state index in [1.165, 1.54) is 20.8 Å². The topological polar surface area (TPSA) is 88.1 Å². The molecule has 1 rings (SSSR count). The smallest absolute Gasteiger partial charge is 0.305 e. The molecule has 0 spiro atoms. The van der Waals surface area contributed by atoms with Gasteiger partial charge in [0.15, 0.2) is 6.10 Å². The van der Waals surface area contributed by atoms with Crippen molar-refractivity contribution in [3.63, 3.8) is 0 Å². The third kappa shape index (κ3) is 5.44. The number of esters is 3. The summed E-state index contributed by atoms with van der Waals surface area (Å²) in [6, 6.07) is 0. The fourth-order valence-electron chi connectivity index (χ4n) is 2.06. The van der Waals surface area contributed by atoms with Crippen molar-refractivity contribution in [1.82, 2.24) is 0 Å². The minimum atomic E-state index is -1.03. The highest BCUT2D eigenvalue weighted by molar-refractivity contribution is 5.67. The van der Waals surface area contributed by atoms with Crippen molar-refractivity contribution in [3.05, 3.63) is 0 Å². The second kappa shape index (κ2) is 7.64. The van der Waals surface area contributed by atoms with Gasteiger partial charge in [0, 0.05) is 33.6 Å². The Morgan fingerprint density at radius 2 is 1.81 bits per heavy atom. The fraction of sp³-hybridized carbons (Fsp3) is 0.643. The van der Waals surface area contributed by atoms with Crippen LogP contribution in [0.4, 0.5) is 0 Å². The standard InChI is InChI=1S/C14H18O7/c1-5-6-11(18-8(2)15)12-7-13(19-9(3)16)14(21-12)20-10(4)17/h1,11-14H,6-7H2,2-4H3/t11-,12-,13+,14+/m0/s1. The van der Waals surface area contributed by atoms with Crippen molar-refractivity contribution in [2.24, 2.45) is 0 Å². The van der Waals surface area contributed by atoms with E-state index >= 15 is 0 Å². The largest absolute Gasteiger partial charge is 0.459 e. The van der Waals surface area contributed by atoms with Gasteiger partial charge < -0.3 is 18.9 Å². The van der Waals surface area contributed by atoms with Crippen molar-refractivity contribution in [2.45, 2.75) is 58.2 Å². The van der Waals surface area contributed by atoms with Crippen LogP contribution in [0.15, 0.2) is 0 Å². The summed E-state index contributed by atoms with van der Waals surface area (Å²) in [5.74, 6) is 0.791. The third-order valence-corrected chi connectivity index (χ3v) is 2.73. The predicted molar refractivity (Wildman–Crippen MR) is 69.6 cm³/mol. The Balaban J connectivity index is 2.79. The Labute approximate surface area is 122 Å². The first-order valence-corrected chi connectivity index (χ1v) is 6.44. The average molecular weight is 298 g/mol. The van der Waals surface area contributed by atoms with E-state index in [9.17, 15) is 14.4 Å². The van der Waals surface area contributed by atoms with E-state index < -0.39 is 42.5 Å². The summed E-state index contributed by atoms with van der Waals surface area (Å²) in [4.78, 5) is 33.2. The van der Waals surface area contributed by atoms with Gasteiger partial charge in [-0.2, -0.15) is 0 Å². The van der Waals surface area contributed by atoms with Gasteiger partial charge in [-0.15, -0.1) is 12.3 Å². The molecule has 0 aromatic carbocycles. The normalized spacial score (nSPS) is 25.5. The van der Waals surface area contributed by atoms with Crippen molar-refractivity contribution >= 4 is 17.9 Å². The van der Waals surface area contributed by atoms with Crippen LogP contribution in [-0.2, 0) is 33.3 Å².